The summed E-state index contributed by atoms with van der Waals surface area (Å²) in [6.45, 7) is 1.96. The fourth-order valence-corrected chi connectivity index (χ4v) is 3.65. The first kappa shape index (κ1) is 16.0. The third kappa shape index (κ3) is 2.57. The smallest absolute Gasteiger partial charge is 0.223 e. The van der Waals surface area contributed by atoms with E-state index in [2.05, 4.69) is 20.0 Å². The van der Waals surface area contributed by atoms with Crippen molar-refractivity contribution >= 4 is 22.5 Å². The van der Waals surface area contributed by atoms with Crippen LogP contribution in [0, 0.1) is 5.82 Å². The van der Waals surface area contributed by atoms with Crippen LogP contribution in [0.4, 0.5) is 10.3 Å². The van der Waals surface area contributed by atoms with Gasteiger partial charge in [-0.25, -0.2) is 14.4 Å². The fraction of sp³-hybridized carbons (Fsp3) is 0.211. The van der Waals surface area contributed by atoms with Crippen LogP contribution in [0.3, 0.4) is 0 Å². The lowest BCUT2D eigenvalue weighted by Crippen LogP contribution is -2.16. The maximum absolute atomic E-state index is 13.4. The van der Waals surface area contributed by atoms with E-state index in [1.807, 2.05) is 24.3 Å². The molecule has 136 valence electrons. The molecule has 1 aliphatic rings. The average molecular weight is 364 g/mol. The van der Waals surface area contributed by atoms with E-state index in [0.717, 1.165) is 23.1 Å². The van der Waals surface area contributed by atoms with Gasteiger partial charge in [-0.15, -0.1) is 5.10 Å². The van der Waals surface area contributed by atoms with Crippen LogP contribution < -0.4 is 10.5 Å². The van der Waals surface area contributed by atoms with E-state index < -0.39 is 0 Å². The molecule has 2 aromatic heterocycles. The second kappa shape index (κ2) is 5.88. The Bertz CT molecular complexity index is 1190. The number of ether oxygens (including phenoxy) is 1. The zero-order valence-corrected chi connectivity index (χ0v) is 14.7. The molecule has 0 atom stereocenters. The van der Waals surface area contributed by atoms with Gasteiger partial charge in [-0.2, -0.15) is 4.52 Å². The minimum atomic E-state index is -0.208. The van der Waals surface area contributed by atoms with Crippen molar-refractivity contribution in [3.05, 3.63) is 59.2 Å². The van der Waals surface area contributed by atoms with Gasteiger partial charge < -0.3 is 10.5 Å². The van der Waals surface area contributed by atoms with Gasteiger partial charge in [0.05, 0.1) is 13.7 Å². The van der Waals surface area contributed by atoms with Crippen molar-refractivity contribution in [2.75, 3.05) is 12.8 Å². The SMILES string of the molecule is COc1cccc2c1nc(N)n1nc(CN3Cc4ccc(F)cc4C3)nc21. The third-order valence-electron chi connectivity index (χ3n) is 4.88. The molecule has 0 radical (unpaired) electrons. The molecule has 1 aliphatic heterocycles. The molecule has 3 heterocycles. The van der Waals surface area contributed by atoms with Crippen molar-refractivity contribution in [1.29, 1.82) is 0 Å². The van der Waals surface area contributed by atoms with Gasteiger partial charge in [0.15, 0.2) is 11.5 Å². The molecule has 4 aromatic rings. The highest BCUT2D eigenvalue weighted by atomic mass is 19.1. The van der Waals surface area contributed by atoms with Crippen LogP contribution in [0.25, 0.3) is 16.6 Å². The van der Waals surface area contributed by atoms with Crippen LogP contribution in [0.15, 0.2) is 36.4 Å². The van der Waals surface area contributed by atoms with Crippen molar-refractivity contribution in [3.63, 3.8) is 0 Å². The van der Waals surface area contributed by atoms with Crippen LogP contribution in [0.1, 0.15) is 17.0 Å². The number of benzene rings is 2. The van der Waals surface area contributed by atoms with Gasteiger partial charge in [-0.05, 0) is 35.4 Å². The number of methoxy groups -OCH3 is 1. The lowest BCUT2D eigenvalue weighted by Gasteiger charge is -2.11. The molecule has 0 bridgehead atoms. The number of nitrogen functional groups attached to an aromatic ring is 1. The topological polar surface area (TPSA) is 81.6 Å². The molecule has 0 amide bonds. The first-order chi connectivity index (χ1) is 13.1. The summed E-state index contributed by atoms with van der Waals surface area (Å²) in [7, 11) is 1.60. The minimum Gasteiger partial charge on any atom is -0.494 e. The van der Waals surface area contributed by atoms with Crippen LogP contribution in [-0.4, -0.2) is 31.6 Å². The van der Waals surface area contributed by atoms with Crippen LogP contribution in [0.5, 0.6) is 5.75 Å². The molecular formula is C19H17FN6O. The monoisotopic (exact) mass is 364 g/mol. The normalized spacial score (nSPS) is 14.1. The van der Waals surface area contributed by atoms with Crippen LogP contribution in [-0.2, 0) is 19.6 Å². The zero-order chi connectivity index (χ0) is 18.5. The second-order valence-electron chi connectivity index (χ2n) is 6.65. The largest absolute Gasteiger partial charge is 0.494 e. The molecule has 0 aliphatic carbocycles. The number of nitrogens with zero attached hydrogens (tertiary/aromatic N) is 5. The highest BCUT2D eigenvalue weighted by Gasteiger charge is 2.22. The number of halogens is 1. The van der Waals surface area contributed by atoms with Gasteiger partial charge in [0.1, 0.15) is 17.1 Å². The Morgan fingerprint density at radius 2 is 2.00 bits per heavy atom. The Balaban J connectivity index is 1.52. The first-order valence-corrected chi connectivity index (χ1v) is 8.60. The molecule has 2 aromatic carbocycles. The Morgan fingerprint density at radius 1 is 1.15 bits per heavy atom. The molecule has 0 fully saturated rings. The van der Waals surface area contributed by atoms with Gasteiger partial charge in [0, 0.05) is 18.5 Å². The predicted molar refractivity (Wildman–Crippen MR) is 98.6 cm³/mol. The van der Waals surface area contributed by atoms with Gasteiger partial charge in [0.25, 0.3) is 0 Å². The number of aromatic nitrogens is 4. The maximum Gasteiger partial charge on any atom is 0.223 e. The molecule has 0 unspecified atom stereocenters. The van der Waals surface area contributed by atoms with E-state index in [-0.39, 0.29) is 11.8 Å². The summed E-state index contributed by atoms with van der Waals surface area (Å²) in [5.41, 5.74) is 9.54. The summed E-state index contributed by atoms with van der Waals surface area (Å²) in [5.74, 6) is 1.34. The van der Waals surface area contributed by atoms with Gasteiger partial charge in [-0.1, -0.05) is 12.1 Å². The maximum atomic E-state index is 13.4. The summed E-state index contributed by atoms with van der Waals surface area (Å²) < 4.78 is 20.4. The van der Waals surface area contributed by atoms with E-state index >= 15 is 0 Å². The Hall–Kier alpha value is -3.26. The Kier molecular flexibility index (Phi) is 3.48. The Morgan fingerprint density at radius 3 is 2.85 bits per heavy atom. The summed E-state index contributed by atoms with van der Waals surface area (Å²) in [5, 5.41) is 5.35. The number of fused-ring (bicyclic) bond motifs is 4. The zero-order valence-electron chi connectivity index (χ0n) is 14.7. The molecule has 8 heteroatoms. The van der Waals surface area contributed by atoms with Gasteiger partial charge in [-0.3, -0.25) is 4.90 Å². The van der Waals surface area contributed by atoms with E-state index in [4.69, 9.17) is 10.5 Å². The summed E-state index contributed by atoms with van der Waals surface area (Å²) in [6, 6.07) is 10.6. The van der Waals surface area contributed by atoms with Crippen molar-refractivity contribution < 1.29 is 9.13 Å². The fourth-order valence-electron chi connectivity index (χ4n) is 3.65. The van der Waals surface area contributed by atoms with Gasteiger partial charge >= 0.3 is 0 Å². The van der Waals surface area contributed by atoms with Crippen molar-refractivity contribution in [3.8, 4) is 5.75 Å². The van der Waals surface area contributed by atoms with Crippen LogP contribution in [0.2, 0.25) is 0 Å². The molecule has 2 N–H and O–H groups in total. The molecular weight excluding hydrogens is 347 g/mol. The highest BCUT2D eigenvalue weighted by molar-refractivity contribution is 5.95. The molecule has 27 heavy (non-hydrogen) atoms. The Labute approximate surface area is 154 Å². The first-order valence-electron chi connectivity index (χ1n) is 8.60. The molecule has 0 saturated heterocycles. The number of nitrogens with two attached hydrogens (primary N) is 1. The van der Waals surface area contributed by atoms with Crippen molar-refractivity contribution in [2.45, 2.75) is 19.6 Å². The number of hydrogen-bond donors (Lipinski definition) is 1. The quantitative estimate of drug-likeness (QED) is 0.602. The molecule has 5 rings (SSSR count). The highest BCUT2D eigenvalue weighted by Crippen LogP contribution is 2.28. The van der Waals surface area contributed by atoms with E-state index in [1.165, 1.54) is 6.07 Å². The van der Waals surface area contributed by atoms with Gasteiger partial charge in [0.2, 0.25) is 5.95 Å². The number of hydrogen-bond acceptors (Lipinski definition) is 6. The lowest BCUT2D eigenvalue weighted by atomic mass is 10.1. The molecule has 7 nitrogen and oxygen atoms in total. The lowest BCUT2D eigenvalue weighted by molar-refractivity contribution is 0.268. The summed E-state index contributed by atoms with van der Waals surface area (Å²) >= 11 is 0. The van der Waals surface area contributed by atoms with Crippen molar-refractivity contribution in [2.24, 2.45) is 0 Å². The minimum absolute atomic E-state index is 0.208. The average Bonchev–Trinajstić information content (AvgIpc) is 3.25. The number of para-hydroxylation sites is 1. The second-order valence-corrected chi connectivity index (χ2v) is 6.65. The number of anilines is 1. The molecule has 0 saturated carbocycles. The van der Waals surface area contributed by atoms with E-state index in [9.17, 15) is 4.39 Å². The summed E-state index contributed by atoms with van der Waals surface area (Å²) in [6.07, 6.45) is 0. The third-order valence-corrected chi connectivity index (χ3v) is 4.88. The summed E-state index contributed by atoms with van der Waals surface area (Å²) in [4.78, 5) is 11.3. The number of rotatable bonds is 3. The molecule has 0 spiro atoms. The standard InChI is InChI=1S/C19H17FN6O/c1-27-15-4-2-3-14-17(15)23-19(21)26-18(14)22-16(24-26)10-25-8-11-5-6-13(20)7-12(11)9-25/h2-7H,8-10H2,1H3,(H2,21,23). The van der Waals surface area contributed by atoms with Crippen LogP contribution >= 0.6 is 0 Å². The van der Waals surface area contributed by atoms with E-state index in [0.29, 0.717) is 35.8 Å². The van der Waals surface area contributed by atoms with E-state index in [1.54, 1.807) is 17.7 Å². The van der Waals surface area contributed by atoms with Crippen molar-refractivity contribution in [1.82, 2.24) is 24.5 Å². The predicted octanol–water partition coefficient (Wildman–Crippen LogP) is 2.52.